The van der Waals surface area contributed by atoms with E-state index in [1.807, 2.05) is 13.0 Å². The van der Waals surface area contributed by atoms with Crippen molar-refractivity contribution in [3.8, 4) is 5.75 Å². The zero-order valence-electron chi connectivity index (χ0n) is 11.1. The molecule has 0 aliphatic carbocycles. The average molecular weight is 258 g/mol. The molecular weight excluding hydrogens is 240 g/mol. The molecule has 0 amide bonds. The molecule has 0 saturated heterocycles. The van der Waals surface area contributed by atoms with Crippen molar-refractivity contribution < 1.29 is 4.74 Å². The monoisotopic (exact) mass is 258 g/mol. The fourth-order valence-corrected chi connectivity index (χ4v) is 2.82. The molecule has 2 aromatic carbocycles. The lowest BCUT2D eigenvalue weighted by Gasteiger charge is -2.12. The van der Waals surface area contributed by atoms with Crippen LogP contribution in [-0.2, 0) is 0 Å². The van der Waals surface area contributed by atoms with E-state index < -0.39 is 0 Å². The normalized spacial score (nSPS) is 10.4. The minimum atomic E-state index is 0.708. The Balaban J connectivity index is 2.30. The van der Waals surface area contributed by atoms with Gasteiger partial charge in [0.05, 0.1) is 6.61 Å². The highest BCUT2D eigenvalue weighted by Crippen LogP contribution is 2.35. The molecule has 0 heterocycles. The highest BCUT2D eigenvalue weighted by atomic mass is 32.2. The lowest BCUT2D eigenvalue weighted by atomic mass is 10.2. The van der Waals surface area contributed by atoms with Crippen LogP contribution in [0.2, 0.25) is 0 Å². The Labute approximate surface area is 113 Å². The molecule has 0 N–H and O–H groups in total. The van der Waals surface area contributed by atoms with Gasteiger partial charge in [-0.25, -0.2) is 0 Å². The van der Waals surface area contributed by atoms with E-state index in [2.05, 4.69) is 50.2 Å². The number of hydrogen-bond donors (Lipinski definition) is 0. The largest absolute Gasteiger partial charge is 0.494 e. The summed E-state index contributed by atoms with van der Waals surface area (Å²) in [6.45, 7) is 6.98. The predicted octanol–water partition coefficient (Wildman–Crippen LogP) is 4.85. The molecule has 0 fully saturated rings. The van der Waals surface area contributed by atoms with Gasteiger partial charge in [0.2, 0.25) is 0 Å². The first-order valence-corrected chi connectivity index (χ1v) is 7.00. The van der Waals surface area contributed by atoms with E-state index >= 15 is 0 Å². The lowest BCUT2D eigenvalue weighted by molar-refractivity contribution is 0.337. The molecule has 0 spiro atoms. The van der Waals surface area contributed by atoms with Crippen molar-refractivity contribution in [1.29, 1.82) is 0 Å². The number of benzene rings is 2. The summed E-state index contributed by atoms with van der Waals surface area (Å²) in [7, 11) is 0. The van der Waals surface area contributed by atoms with Crippen molar-refractivity contribution in [3.63, 3.8) is 0 Å². The van der Waals surface area contributed by atoms with E-state index in [9.17, 15) is 0 Å². The Morgan fingerprint density at radius 3 is 2.39 bits per heavy atom. The van der Waals surface area contributed by atoms with Crippen molar-refractivity contribution in [2.45, 2.75) is 30.6 Å². The second-order valence-corrected chi connectivity index (χ2v) is 5.26. The summed E-state index contributed by atoms with van der Waals surface area (Å²) in [5, 5.41) is 0. The Bertz CT molecular complexity index is 534. The molecule has 0 saturated carbocycles. The molecular formula is C16H18OS. The first-order valence-electron chi connectivity index (χ1n) is 6.18. The van der Waals surface area contributed by atoms with E-state index in [0.717, 1.165) is 5.75 Å². The van der Waals surface area contributed by atoms with Crippen LogP contribution < -0.4 is 4.74 Å². The average Bonchev–Trinajstić information content (AvgIpc) is 2.37. The Morgan fingerprint density at radius 2 is 1.67 bits per heavy atom. The SMILES string of the molecule is CCOc1cccc(Sc2ccccc2C)c1C. The Kier molecular flexibility index (Phi) is 4.32. The van der Waals surface area contributed by atoms with Crippen LogP contribution in [0.4, 0.5) is 0 Å². The van der Waals surface area contributed by atoms with Crippen LogP contribution in [0.15, 0.2) is 52.3 Å². The standard InChI is InChI=1S/C16H18OS/c1-4-17-14-9-7-11-16(13(14)3)18-15-10-6-5-8-12(15)2/h5-11H,4H2,1-3H3. The summed E-state index contributed by atoms with van der Waals surface area (Å²) in [4.78, 5) is 2.56. The van der Waals surface area contributed by atoms with Crippen molar-refractivity contribution in [2.24, 2.45) is 0 Å². The zero-order chi connectivity index (χ0) is 13.0. The number of hydrogen-bond acceptors (Lipinski definition) is 2. The third-order valence-corrected chi connectivity index (χ3v) is 4.19. The molecule has 0 atom stereocenters. The molecule has 2 rings (SSSR count). The van der Waals surface area contributed by atoms with E-state index in [0.29, 0.717) is 6.61 Å². The second-order valence-electron chi connectivity index (χ2n) is 4.18. The molecule has 0 aliphatic heterocycles. The number of ether oxygens (including phenoxy) is 1. The molecule has 0 bridgehead atoms. The van der Waals surface area contributed by atoms with Gasteiger partial charge in [-0.2, -0.15) is 0 Å². The molecule has 0 aromatic heterocycles. The van der Waals surface area contributed by atoms with Crippen LogP contribution in [0.5, 0.6) is 5.75 Å². The maximum absolute atomic E-state index is 5.63. The summed E-state index contributed by atoms with van der Waals surface area (Å²) in [6, 6.07) is 14.7. The van der Waals surface area contributed by atoms with Gasteiger partial charge in [0.1, 0.15) is 5.75 Å². The van der Waals surface area contributed by atoms with Gasteiger partial charge < -0.3 is 4.74 Å². The molecule has 0 aliphatic rings. The maximum Gasteiger partial charge on any atom is 0.123 e. The molecule has 0 radical (unpaired) electrons. The van der Waals surface area contributed by atoms with Gasteiger partial charge in [0.25, 0.3) is 0 Å². The Morgan fingerprint density at radius 1 is 0.944 bits per heavy atom. The van der Waals surface area contributed by atoms with Gasteiger partial charge >= 0.3 is 0 Å². The predicted molar refractivity (Wildman–Crippen MR) is 77.7 cm³/mol. The molecule has 18 heavy (non-hydrogen) atoms. The minimum absolute atomic E-state index is 0.708. The smallest absolute Gasteiger partial charge is 0.123 e. The lowest BCUT2D eigenvalue weighted by Crippen LogP contribution is -1.94. The van der Waals surface area contributed by atoms with E-state index in [4.69, 9.17) is 4.74 Å². The quantitative estimate of drug-likeness (QED) is 0.775. The van der Waals surface area contributed by atoms with Crippen molar-refractivity contribution in [1.82, 2.24) is 0 Å². The van der Waals surface area contributed by atoms with E-state index in [1.54, 1.807) is 11.8 Å². The van der Waals surface area contributed by atoms with Crippen molar-refractivity contribution >= 4 is 11.8 Å². The van der Waals surface area contributed by atoms with E-state index in [1.165, 1.54) is 20.9 Å². The minimum Gasteiger partial charge on any atom is -0.494 e. The summed E-state index contributed by atoms with van der Waals surface area (Å²) in [6.07, 6.45) is 0. The van der Waals surface area contributed by atoms with Crippen LogP contribution in [0.1, 0.15) is 18.1 Å². The third kappa shape index (κ3) is 2.88. The fourth-order valence-electron chi connectivity index (χ4n) is 1.81. The summed E-state index contributed by atoms with van der Waals surface area (Å²) in [5.41, 5.74) is 2.52. The summed E-state index contributed by atoms with van der Waals surface area (Å²) < 4.78 is 5.63. The van der Waals surface area contributed by atoms with Gasteiger partial charge in [0.15, 0.2) is 0 Å². The summed E-state index contributed by atoms with van der Waals surface area (Å²) >= 11 is 1.80. The first-order chi connectivity index (χ1) is 8.72. The Hall–Kier alpha value is -1.41. The van der Waals surface area contributed by atoms with Crippen LogP contribution in [0.25, 0.3) is 0 Å². The van der Waals surface area contributed by atoms with Gasteiger partial charge in [-0.15, -0.1) is 0 Å². The number of rotatable bonds is 4. The topological polar surface area (TPSA) is 9.23 Å². The molecule has 1 nitrogen and oxygen atoms in total. The van der Waals surface area contributed by atoms with Crippen LogP contribution in [0, 0.1) is 13.8 Å². The first kappa shape index (κ1) is 13.0. The van der Waals surface area contributed by atoms with Crippen molar-refractivity contribution in [3.05, 3.63) is 53.6 Å². The molecule has 2 aromatic rings. The number of aryl methyl sites for hydroxylation is 1. The molecule has 2 heteroatoms. The van der Waals surface area contributed by atoms with Crippen LogP contribution in [0.3, 0.4) is 0 Å². The van der Waals surface area contributed by atoms with Gasteiger partial charge in [-0.05, 0) is 44.5 Å². The summed E-state index contributed by atoms with van der Waals surface area (Å²) in [5.74, 6) is 0.982. The fraction of sp³-hybridized carbons (Fsp3) is 0.250. The second kappa shape index (κ2) is 5.96. The third-order valence-electron chi connectivity index (χ3n) is 2.85. The highest BCUT2D eigenvalue weighted by Gasteiger charge is 2.07. The van der Waals surface area contributed by atoms with Crippen LogP contribution >= 0.6 is 11.8 Å². The molecule has 0 unspecified atom stereocenters. The maximum atomic E-state index is 5.63. The van der Waals surface area contributed by atoms with Gasteiger partial charge in [-0.1, -0.05) is 36.0 Å². The molecule has 94 valence electrons. The van der Waals surface area contributed by atoms with Gasteiger partial charge in [-0.3, -0.25) is 0 Å². The highest BCUT2D eigenvalue weighted by molar-refractivity contribution is 7.99. The van der Waals surface area contributed by atoms with Crippen molar-refractivity contribution in [2.75, 3.05) is 6.61 Å². The van der Waals surface area contributed by atoms with Gasteiger partial charge in [0, 0.05) is 15.4 Å². The van der Waals surface area contributed by atoms with Crippen LogP contribution in [-0.4, -0.2) is 6.61 Å². The zero-order valence-corrected chi connectivity index (χ0v) is 11.9. The van der Waals surface area contributed by atoms with E-state index in [-0.39, 0.29) is 0 Å².